The topological polar surface area (TPSA) is 42.4 Å². The lowest BCUT2D eigenvalue weighted by atomic mass is 10.2. The molecule has 0 aliphatic rings. The SMILES string of the molecule is COc1ccc(N(C)C(=O)c2ccc(Cl)nc2Cl)cc1. The number of ether oxygens (including phenoxy) is 1. The van der Waals surface area contributed by atoms with Crippen molar-refractivity contribution in [3.05, 3.63) is 52.3 Å². The second-order valence-electron chi connectivity index (χ2n) is 4.03. The number of carbonyl (C=O) groups is 1. The maximum atomic E-state index is 12.4. The number of halogens is 2. The summed E-state index contributed by atoms with van der Waals surface area (Å²) in [5, 5.41) is 0.335. The van der Waals surface area contributed by atoms with Gasteiger partial charge in [-0.15, -0.1) is 0 Å². The molecule has 0 saturated heterocycles. The van der Waals surface area contributed by atoms with E-state index in [0.29, 0.717) is 5.56 Å². The van der Waals surface area contributed by atoms with Crippen LogP contribution in [0.15, 0.2) is 36.4 Å². The van der Waals surface area contributed by atoms with Crippen molar-refractivity contribution in [1.82, 2.24) is 4.98 Å². The highest BCUT2D eigenvalue weighted by atomic mass is 35.5. The van der Waals surface area contributed by atoms with Crippen molar-refractivity contribution in [3.8, 4) is 5.75 Å². The molecule has 0 N–H and O–H groups in total. The predicted molar refractivity (Wildman–Crippen MR) is 80.0 cm³/mol. The number of hydrogen-bond acceptors (Lipinski definition) is 3. The van der Waals surface area contributed by atoms with Crippen LogP contribution in [0.3, 0.4) is 0 Å². The summed E-state index contributed by atoms with van der Waals surface area (Å²) in [6.45, 7) is 0. The van der Waals surface area contributed by atoms with Crippen molar-refractivity contribution >= 4 is 34.8 Å². The van der Waals surface area contributed by atoms with Crippen LogP contribution in [0, 0.1) is 0 Å². The van der Waals surface area contributed by atoms with Gasteiger partial charge in [0.1, 0.15) is 16.1 Å². The van der Waals surface area contributed by atoms with Crippen molar-refractivity contribution in [2.45, 2.75) is 0 Å². The number of amides is 1. The Balaban J connectivity index is 2.27. The number of benzene rings is 1. The fourth-order valence-corrected chi connectivity index (χ4v) is 2.10. The Labute approximate surface area is 126 Å². The number of rotatable bonds is 3. The molecule has 1 amide bonds. The molecule has 1 aromatic carbocycles. The van der Waals surface area contributed by atoms with Crippen LogP contribution in [0.25, 0.3) is 0 Å². The van der Waals surface area contributed by atoms with Gasteiger partial charge in [-0.2, -0.15) is 0 Å². The highest BCUT2D eigenvalue weighted by molar-refractivity contribution is 6.35. The summed E-state index contributed by atoms with van der Waals surface area (Å²) in [5.74, 6) is 0.463. The van der Waals surface area contributed by atoms with E-state index in [9.17, 15) is 4.79 Å². The first-order valence-electron chi connectivity index (χ1n) is 5.77. The highest BCUT2D eigenvalue weighted by Gasteiger charge is 2.17. The lowest BCUT2D eigenvalue weighted by Gasteiger charge is -2.18. The minimum atomic E-state index is -0.260. The van der Waals surface area contributed by atoms with Crippen LogP contribution in [0.2, 0.25) is 10.3 Å². The Bertz CT molecular complexity index is 630. The smallest absolute Gasteiger partial charge is 0.261 e. The third kappa shape index (κ3) is 3.03. The average Bonchev–Trinajstić information content (AvgIpc) is 2.46. The van der Waals surface area contributed by atoms with Crippen molar-refractivity contribution in [2.24, 2.45) is 0 Å². The summed E-state index contributed by atoms with van der Waals surface area (Å²) < 4.78 is 5.08. The Morgan fingerprint density at radius 3 is 2.35 bits per heavy atom. The molecule has 6 heteroatoms. The Morgan fingerprint density at radius 1 is 1.15 bits per heavy atom. The van der Waals surface area contributed by atoms with Crippen LogP contribution in [0.4, 0.5) is 5.69 Å². The molecule has 0 bridgehead atoms. The van der Waals surface area contributed by atoms with Gasteiger partial charge in [-0.05, 0) is 36.4 Å². The molecule has 1 heterocycles. The lowest BCUT2D eigenvalue weighted by Crippen LogP contribution is -2.26. The van der Waals surface area contributed by atoms with Crippen LogP contribution in [-0.2, 0) is 0 Å². The number of nitrogens with zero attached hydrogens (tertiary/aromatic N) is 2. The lowest BCUT2D eigenvalue weighted by molar-refractivity contribution is 0.0993. The van der Waals surface area contributed by atoms with Crippen molar-refractivity contribution in [1.29, 1.82) is 0 Å². The number of aromatic nitrogens is 1. The molecular formula is C14H12Cl2N2O2. The van der Waals surface area contributed by atoms with E-state index in [2.05, 4.69) is 4.98 Å². The summed E-state index contributed by atoms with van der Waals surface area (Å²) >= 11 is 11.7. The zero-order chi connectivity index (χ0) is 14.7. The average molecular weight is 311 g/mol. The van der Waals surface area contributed by atoms with Crippen LogP contribution < -0.4 is 9.64 Å². The molecule has 1 aromatic heterocycles. The van der Waals surface area contributed by atoms with Crippen molar-refractivity contribution in [2.75, 3.05) is 19.1 Å². The van der Waals surface area contributed by atoms with E-state index < -0.39 is 0 Å². The van der Waals surface area contributed by atoms with Gasteiger partial charge in [-0.25, -0.2) is 4.98 Å². The molecule has 0 radical (unpaired) electrons. The normalized spacial score (nSPS) is 10.2. The van der Waals surface area contributed by atoms with Gasteiger partial charge >= 0.3 is 0 Å². The molecule has 4 nitrogen and oxygen atoms in total. The van der Waals surface area contributed by atoms with Gasteiger partial charge in [-0.3, -0.25) is 4.79 Å². The molecular weight excluding hydrogens is 299 g/mol. The summed E-state index contributed by atoms with van der Waals surface area (Å²) in [5.41, 5.74) is 1.02. The first-order chi connectivity index (χ1) is 9.52. The molecule has 2 rings (SSSR count). The van der Waals surface area contributed by atoms with E-state index in [1.165, 1.54) is 11.0 Å². The van der Waals surface area contributed by atoms with E-state index in [-0.39, 0.29) is 16.2 Å². The Kier molecular flexibility index (Phi) is 4.47. The Hall–Kier alpha value is -1.78. The first-order valence-corrected chi connectivity index (χ1v) is 6.52. The predicted octanol–water partition coefficient (Wildman–Crippen LogP) is 3.67. The maximum Gasteiger partial charge on any atom is 0.261 e. The molecule has 2 aromatic rings. The monoisotopic (exact) mass is 310 g/mol. The molecule has 0 unspecified atom stereocenters. The van der Waals surface area contributed by atoms with E-state index in [4.69, 9.17) is 27.9 Å². The second kappa shape index (κ2) is 6.11. The summed E-state index contributed by atoms with van der Waals surface area (Å²) in [6, 6.07) is 10.2. The molecule has 0 atom stereocenters. The minimum absolute atomic E-state index is 0.0860. The molecule has 0 aliphatic carbocycles. The third-order valence-electron chi connectivity index (χ3n) is 2.81. The fourth-order valence-electron chi connectivity index (χ4n) is 1.68. The fraction of sp³-hybridized carbons (Fsp3) is 0.143. The molecule has 0 saturated carbocycles. The molecule has 0 spiro atoms. The van der Waals surface area contributed by atoms with E-state index in [0.717, 1.165) is 11.4 Å². The van der Waals surface area contributed by atoms with Crippen molar-refractivity contribution < 1.29 is 9.53 Å². The molecule has 20 heavy (non-hydrogen) atoms. The summed E-state index contributed by atoms with van der Waals surface area (Å²) in [4.78, 5) is 17.7. The number of anilines is 1. The number of carbonyl (C=O) groups excluding carboxylic acids is 1. The van der Waals surface area contributed by atoms with Gasteiger partial charge in [0.15, 0.2) is 0 Å². The molecule has 0 aliphatic heterocycles. The Morgan fingerprint density at radius 2 is 1.80 bits per heavy atom. The van der Waals surface area contributed by atoms with Crippen LogP contribution >= 0.6 is 23.2 Å². The van der Waals surface area contributed by atoms with Gasteiger partial charge in [0.2, 0.25) is 0 Å². The van der Waals surface area contributed by atoms with E-state index in [1.807, 2.05) is 0 Å². The summed E-state index contributed by atoms with van der Waals surface area (Å²) in [7, 11) is 3.25. The van der Waals surface area contributed by atoms with Gasteiger partial charge in [-0.1, -0.05) is 23.2 Å². The quantitative estimate of drug-likeness (QED) is 0.812. The van der Waals surface area contributed by atoms with Gasteiger partial charge in [0.05, 0.1) is 12.7 Å². The van der Waals surface area contributed by atoms with E-state index >= 15 is 0 Å². The van der Waals surface area contributed by atoms with Crippen LogP contribution in [-0.4, -0.2) is 25.0 Å². The highest BCUT2D eigenvalue weighted by Crippen LogP contribution is 2.23. The van der Waals surface area contributed by atoms with Gasteiger partial charge in [0.25, 0.3) is 5.91 Å². The standard InChI is InChI=1S/C14H12Cl2N2O2/c1-18(9-3-5-10(20-2)6-4-9)14(19)11-7-8-12(15)17-13(11)16/h3-8H,1-2H3. The molecule has 0 fully saturated rings. The third-order valence-corrected chi connectivity index (χ3v) is 3.31. The molecule has 104 valence electrons. The van der Waals surface area contributed by atoms with Crippen LogP contribution in [0.1, 0.15) is 10.4 Å². The summed E-state index contributed by atoms with van der Waals surface area (Å²) in [6.07, 6.45) is 0. The number of pyridine rings is 1. The largest absolute Gasteiger partial charge is 0.497 e. The second-order valence-corrected chi connectivity index (χ2v) is 4.78. The maximum absolute atomic E-state index is 12.4. The van der Waals surface area contributed by atoms with Crippen molar-refractivity contribution in [3.63, 3.8) is 0 Å². The number of hydrogen-bond donors (Lipinski definition) is 0. The number of methoxy groups -OCH3 is 1. The zero-order valence-corrected chi connectivity index (χ0v) is 12.4. The van der Waals surface area contributed by atoms with Gasteiger partial charge < -0.3 is 9.64 Å². The minimum Gasteiger partial charge on any atom is -0.497 e. The zero-order valence-electron chi connectivity index (χ0n) is 10.9. The van der Waals surface area contributed by atoms with Crippen LogP contribution in [0.5, 0.6) is 5.75 Å². The van der Waals surface area contributed by atoms with Gasteiger partial charge in [0, 0.05) is 12.7 Å². The first kappa shape index (κ1) is 14.6. The van der Waals surface area contributed by atoms with E-state index in [1.54, 1.807) is 44.5 Å².